The van der Waals surface area contributed by atoms with Crippen LogP contribution in [0.3, 0.4) is 0 Å². The summed E-state index contributed by atoms with van der Waals surface area (Å²) in [6, 6.07) is 9.09. The Balaban J connectivity index is 1.57. The number of rotatable bonds is 18. The van der Waals surface area contributed by atoms with Crippen molar-refractivity contribution >= 4 is 23.8 Å². The molecular weight excluding hydrogens is 422 g/mol. The van der Waals surface area contributed by atoms with Gasteiger partial charge in [0.25, 0.3) is 5.91 Å². The molecule has 0 aliphatic rings. The second-order valence-corrected chi connectivity index (χ2v) is 7.03. The monoisotopic (exact) mass is 457 g/mol. The highest BCUT2D eigenvalue weighted by atomic mass is 16.5. The maximum Gasteiger partial charge on any atom is 0.251 e. The molecule has 0 radical (unpaired) electrons. The highest BCUT2D eigenvalue weighted by Gasteiger charge is 2.06. The lowest BCUT2D eigenvalue weighted by Crippen LogP contribution is -2.27. The normalized spacial score (nSPS) is 10.5. The Morgan fingerprint density at radius 2 is 1.48 bits per heavy atom. The zero-order valence-corrected chi connectivity index (χ0v) is 19.3. The van der Waals surface area contributed by atoms with Gasteiger partial charge in [0, 0.05) is 31.7 Å². The van der Waals surface area contributed by atoms with Crippen LogP contribution >= 0.6 is 0 Å². The first kappa shape index (κ1) is 26.0. The van der Waals surface area contributed by atoms with Gasteiger partial charge in [-0.05, 0) is 18.6 Å². The Labute approximate surface area is 195 Å². The number of carbonyl (C=O) groups excluding carboxylic acids is 1. The summed E-state index contributed by atoms with van der Waals surface area (Å²) in [4.78, 5) is 25.0. The van der Waals surface area contributed by atoms with E-state index in [0.717, 1.165) is 19.4 Å². The van der Waals surface area contributed by atoms with Crippen molar-refractivity contribution in [1.82, 2.24) is 20.3 Å². The first-order valence-electron chi connectivity index (χ1n) is 11.3. The van der Waals surface area contributed by atoms with Crippen molar-refractivity contribution < 1.29 is 14.3 Å². The van der Waals surface area contributed by atoms with E-state index in [-0.39, 0.29) is 5.91 Å². The SMILES string of the molecule is C=CCNc1nc(NCCCC)nc(NCCOCCOCCNC(=O)c2ccccc2)n1. The number of carbonyl (C=O) groups is 1. The minimum atomic E-state index is -0.105. The Hall–Kier alpha value is -3.24. The van der Waals surface area contributed by atoms with E-state index in [1.54, 1.807) is 18.2 Å². The van der Waals surface area contributed by atoms with Crippen LogP contribution in [0.25, 0.3) is 0 Å². The van der Waals surface area contributed by atoms with Gasteiger partial charge in [0.15, 0.2) is 0 Å². The number of hydrogen-bond donors (Lipinski definition) is 4. The van der Waals surface area contributed by atoms with Crippen molar-refractivity contribution in [3.63, 3.8) is 0 Å². The van der Waals surface area contributed by atoms with Crippen LogP contribution in [-0.4, -0.2) is 73.5 Å². The number of amides is 1. The lowest BCUT2D eigenvalue weighted by molar-refractivity contribution is 0.0519. The van der Waals surface area contributed by atoms with Crippen LogP contribution in [0.4, 0.5) is 17.8 Å². The quantitative estimate of drug-likeness (QED) is 0.198. The summed E-state index contributed by atoms with van der Waals surface area (Å²) in [6.45, 7) is 10.0. The van der Waals surface area contributed by atoms with Gasteiger partial charge in [-0.1, -0.05) is 37.6 Å². The lowest BCUT2D eigenvalue weighted by Gasteiger charge is -2.11. The van der Waals surface area contributed by atoms with Crippen molar-refractivity contribution in [2.24, 2.45) is 0 Å². The number of ether oxygens (including phenoxy) is 2. The van der Waals surface area contributed by atoms with E-state index in [2.05, 4.69) is 49.7 Å². The van der Waals surface area contributed by atoms with Crippen LogP contribution in [0.5, 0.6) is 0 Å². The summed E-state index contributed by atoms with van der Waals surface area (Å²) in [5, 5.41) is 12.3. The van der Waals surface area contributed by atoms with E-state index in [1.807, 2.05) is 18.2 Å². The fourth-order valence-corrected chi connectivity index (χ4v) is 2.64. The Kier molecular flexibility index (Phi) is 12.9. The summed E-state index contributed by atoms with van der Waals surface area (Å²) >= 11 is 0. The fourth-order valence-electron chi connectivity index (χ4n) is 2.64. The molecule has 2 aromatic rings. The molecule has 2 rings (SSSR count). The van der Waals surface area contributed by atoms with Gasteiger partial charge in [-0.3, -0.25) is 4.79 Å². The third-order valence-electron chi connectivity index (χ3n) is 4.32. The van der Waals surface area contributed by atoms with Crippen LogP contribution in [0.1, 0.15) is 30.1 Å². The molecule has 1 heterocycles. The number of nitrogens with zero attached hydrogens (tertiary/aromatic N) is 3. The average molecular weight is 458 g/mol. The minimum absolute atomic E-state index is 0.105. The number of unbranched alkanes of at least 4 members (excludes halogenated alkanes) is 1. The second kappa shape index (κ2) is 16.4. The molecule has 33 heavy (non-hydrogen) atoms. The molecule has 0 fully saturated rings. The van der Waals surface area contributed by atoms with E-state index in [1.165, 1.54) is 0 Å². The van der Waals surface area contributed by atoms with Gasteiger partial charge in [0.2, 0.25) is 17.8 Å². The minimum Gasteiger partial charge on any atom is -0.377 e. The van der Waals surface area contributed by atoms with Gasteiger partial charge in [0.05, 0.1) is 26.4 Å². The van der Waals surface area contributed by atoms with Gasteiger partial charge in [-0.2, -0.15) is 15.0 Å². The van der Waals surface area contributed by atoms with Gasteiger partial charge in [0.1, 0.15) is 0 Å². The molecule has 4 N–H and O–H groups in total. The van der Waals surface area contributed by atoms with Gasteiger partial charge in [-0.15, -0.1) is 6.58 Å². The maximum atomic E-state index is 11.9. The van der Waals surface area contributed by atoms with E-state index >= 15 is 0 Å². The van der Waals surface area contributed by atoms with Crippen molar-refractivity contribution in [3.8, 4) is 0 Å². The largest absolute Gasteiger partial charge is 0.377 e. The predicted octanol–water partition coefficient (Wildman–Crippen LogP) is 2.56. The number of nitrogens with one attached hydrogen (secondary N) is 4. The molecule has 0 bridgehead atoms. The number of anilines is 3. The van der Waals surface area contributed by atoms with Crippen LogP contribution < -0.4 is 21.3 Å². The van der Waals surface area contributed by atoms with Crippen molar-refractivity contribution in [3.05, 3.63) is 48.6 Å². The molecule has 1 amide bonds. The van der Waals surface area contributed by atoms with E-state index in [9.17, 15) is 4.79 Å². The summed E-state index contributed by atoms with van der Waals surface area (Å²) in [7, 11) is 0. The molecule has 0 saturated heterocycles. The zero-order chi connectivity index (χ0) is 23.6. The molecule has 0 aliphatic heterocycles. The molecule has 0 spiro atoms. The Bertz CT molecular complexity index is 821. The summed E-state index contributed by atoms with van der Waals surface area (Å²) in [6.07, 6.45) is 3.88. The second-order valence-electron chi connectivity index (χ2n) is 7.03. The van der Waals surface area contributed by atoms with Gasteiger partial charge >= 0.3 is 0 Å². The third kappa shape index (κ3) is 11.3. The standard InChI is InChI=1S/C23H35N7O3/c1-3-5-12-26-22-28-21(25-11-4-2)29-23(30-22)27-14-16-33-18-17-32-15-13-24-20(31)19-9-7-6-8-10-19/h4,6-10H,2-3,5,11-18H2,1H3,(H,24,31)(H3,25,26,27,28,29,30). The topological polar surface area (TPSA) is 122 Å². The van der Waals surface area contributed by atoms with Crippen LogP contribution in [0, 0.1) is 0 Å². The Morgan fingerprint density at radius 3 is 2.12 bits per heavy atom. The molecule has 180 valence electrons. The van der Waals surface area contributed by atoms with Crippen molar-refractivity contribution in [2.75, 3.05) is 68.6 Å². The molecule has 0 saturated carbocycles. The molecule has 1 aromatic carbocycles. The van der Waals surface area contributed by atoms with E-state index in [4.69, 9.17) is 9.47 Å². The van der Waals surface area contributed by atoms with Crippen LogP contribution in [0.2, 0.25) is 0 Å². The van der Waals surface area contributed by atoms with Crippen LogP contribution in [-0.2, 0) is 9.47 Å². The maximum absolute atomic E-state index is 11.9. The van der Waals surface area contributed by atoms with Crippen molar-refractivity contribution in [2.45, 2.75) is 19.8 Å². The van der Waals surface area contributed by atoms with E-state index in [0.29, 0.717) is 69.5 Å². The summed E-state index contributed by atoms with van der Waals surface area (Å²) < 4.78 is 11.0. The zero-order valence-electron chi connectivity index (χ0n) is 19.3. The highest BCUT2D eigenvalue weighted by Crippen LogP contribution is 2.09. The fraction of sp³-hybridized carbons (Fsp3) is 0.478. The average Bonchev–Trinajstić information content (AvgIpc) is 2.84. The summed E-state index contributed by atoms with van der Waals surface area (Å²) in [5.74, 6) is 1.39. The number of aromatic nitrogens is 3. The molecular formula is C23H35N7O3. The summed E-state index contributed by atoms with van der Waals surface area (Å²) in [5.41, 5.74) is 0.638. The molecule has 0 atom stereocenters. The molecule has 10 nitrogen and oxygen atoms in total. The highest BCUT2D eigenvalue weighted by molar-refractivity contribution is 5.94. The van der Waals surface area contributed by atoms with Gasteiger partial charge in [-0.25, -0.2) is 0 Å². The number of hydrogen-bond acceptors (Lipinski definition) is 9. The van der Waals surface area contributed by atoms with Crippen LogP contribution in [0.15, 0.2) is 43.0 Å². The first-order valence-corrected chi connectivity index (χ1v) is 11.3. The molecule has 0 aliphatic carbocycles. The Morgan fingerprint density at radius 1 is 0.879 bits per heavy atom. The predicted molar refractivity (Wildman–Crippen MR) is 131 cm³/mol. The first-order chi connectivity index (χ1) is 16.2. The molecule has 1 aromatic heterocycles. The third-order valence-corrected chi connectivity index (χ3v) is 4.32. The van der Waals surface area contributed by atoms with Gasteiger partial charge < -0.3 is 30.7 Å². The number of benzene rings is 1. The molecule has 0 unspecified atom stereocenters. The van der Waals surface area contributed by atoms with E-state index < -0.39 is 0 Å². The molecule has 10 heteroatoms. The van der Waals surface area contributed by atoms with Crippen molar-refractivity contribution in [1.29, 1.82) is 0 Å². The lowest BCUT2D eigenvalue weighted by atomic mass is 10.2. The smallest absolute Gasteiger partial charge is 0.251 e.